The molecule has 2 fully saturated rings. The first-order valence-electron chi connectivity index (χ1n) is 8.69. The van der Waals surface area contributed by atoms with E-state index in [0.29, 0.717) is 25.7 Å². The number of rotatable bonds is 5. The zero-order valence-corrected chi connectivity index (χ0v) is 15.6. The molecule has 0 unspecified atom stereocenters. The Hall–Kier alpha value is -1.15. The minimum atomic E-state index is -0.223. The molecule has 7 nitrogen and oxygen atoms in total. The number of nitrogens with one attached hydrogen (secondary N) is 1. The van der Waals surface area contributed by atoms with Crippen LogP contribution in [0.1, 0.15) is 32.6 Å². The van der Waals surface area contributed by atoms with E-state index in [9.17, 15) is 4.79 Å². The van der Waals surface area contributed by atoms with Gasteiger partial charge in [0.25, 0.3) is 0 Å². The molecule has 0 aromatic carbocycles. The number of carbonyl (C=O) groups is 1. The fourth-order valence-corrected chi connectivity index (χ4v) is 3.84. The van der Waals surface area contributed by atoms with Gasteiger partial charge in [0.2, 0.25) is 0 Å². The third kappa shape index (κ3) is 5.44. The molecule has 0 aromatic rings. The van der Waals surface area contributed by atoms with Gasteiger partial charge in [0, 0.05) is 37.1 Å². The van der Waals surface area contributed by atoms with Crippen molar-refractivity contribution < 1.29 is 14.3 Å². The van der Waals surface area contributed by atoms with Gasteiger partial charge >= 0.3 is 6.09 Å². The third-order valence-electron chi connectivity index (χ3n) is 4.75. The molecule has 2 rings (SSSR count). The Morgan fingerprint density at radius 3 is 2.67 bits per heavy atom. The molecule has 1 amide bonds. The van der Waals surface area contributed by atoms with Gasteiger partial charge in [-0.15, -0.1) is 0 Å². The Balaban J connectivity index is 1.76. The molecule has 2 aliphatic heterocycles. The van der Waals surface area contributed by atoms with Crippen LogP contribution in [0.25, 0.3) is 0 Å². The third-order valence-corrected chi connectivity index (χ3v) is 6.15. The van der Waals surface area contributed by atoms with E-state index in [-0.39, 0.29) is 16.9 Å². The predicted molar refractivity (Wildman–Crippen MR) is 97.5 cm³/mol. The maximum Gasteiger partial charge on any atom is 0.409 e. The van der Waals surface area contributed by atoms with E-state index in [2.05, 4.69) is 16.6 Å². The molecule has 0 spiro atoms. The van der Waals surface area contributed by atoms with E-state index in [1.807, 2.05) is 18.7 Å². The first kappa shape index (κ1) is 19.2. The van der Waals surface area contributed by atoms with Crippen molar-refractivity contribution in [1.82, 2.24) is 10.2 Å². The number of hydrogen-bond acceptors (Lipinski definition) is 5. The number of ether oxygens (including phenoxy) is 2. The first-order valence-corrected chi connectivity index (χ1v) is 9.92. The highest BCUT2D eigenvalue weighted by atomic mass is 32.2. The molecule has 2 aliphatic rings. The van der Waals surface area contributed by atoms with Crippen LogP contribution in [0.3, 0.4) is 0 Å². The Morgan fingerprint density at radius 1 is 1.42 bits per heavy atom. The second-order valence-electron chi connectivity index (χ2n) is 6.31. The van der Waals surface area contributed by atoms with Crippen molar-refractivity contribution >= 4 is 23.8 Å². The van der Waals surface area contributed by atoms with Crippen LogP contribution in [-0.4, -0.2) is 73.5 Å². The summed E-state index contributed by atoms with van der Waals surface area (Å²) in [6.07, 6.45) is 5.66. The van der Waals surface area contributed by atoms with Crippen molar-refractivity contribution in [1.29, 1.82) is 0 Å². The number of thioether (sulfide) groups is 1. The molecule has 0 radical (unpaired) electrons. The molecular weight excluding hydrogens is 328 g/mol. The lowest BCUT2D eigenvalue weighted by Gasteiger charge is -2.34. The van der Waals surface area contributed by atoms with E-state index in [1.54, 1.807) is 4.90 Å². The van der Waals surface area contributed by atoms with Gasteiger partial charge in [0.05, 0.1) is 13.2 Å². The molecule has 8 heteroatoms. The van der Waals surface area contributed by atoms with Crippen LogP contribution in [0.15, 0.2) is 4.99 Å². The molecule has 0 bridgehead atoms. The lowest BCUT2D eigenvalue weighted by molar-refractivity contribution is 0.0794. The zero-order valence-electron chi connectivity index (χ0n) is 14.8. The number of piperidine rings is 1. The van der Waals surface area contributed by atoms with Crippen molar-refractivity contribution in [2.45, 2.75) is 43.4 Å². The summed E-state index contributed by atoms with van der Waals surface area (Å²) in [6, 6.07) is 0.263. The van der Waals surface area contributed by atoms with Gasteiger partial charge < -0.3 is 25.4 Å². The first-order chi connectivity index (χ1) is 11.6. The number of amides is 1. The highest BCUT2D eigenvalue weighted by molar-refractivity contribution is 8.00. The molecule has 3 N–H and O–H groups in total. The summed E-state index contributed by atoms with van der Waals surface area (Å²) in [7, 11) is 0. The maximum atomic E-state index is 11.7. The molecule has 0 atom stereocenters. The van der Waals surface area contributed by atoms with Gasteiger partial charge in [-0.3, -0.25) is 4.99 Å². The van der Waals surface area contributed by atoms with E-state index in [0.717, 1.165) is 45.4 Å². The van der Waals surface area contributed by atoms with Crippen molar-refractivity contribution in [2.75, 3.05) is 45.7 Å². The summed E-state index contributed by atoms with van der Waals surface area (Å²) >= 11 is 1.86. The molecule has 24 heavy (non-hydrogen) atoms. The van der Waals surface area contributed by atoms with Crippen LogP contribution in [0, 0.1) is 0 Å². The smallest absolute Gasteiger partial charge is 0.409 e. The summed E-state index contributed by atoms with van der Waals surface area (Å²) in [5.41, 5.74) is 6.07. The molecule has 0 aromatic heterocycles. The number of hydrogen-bond donors (Lipinski definition) is 2. The highest BCUT2D eigenvalue weighted by Crippen LogP contribution is 2.33. The zero-order chi connectivity index (χ0) is 17.4. The van der Waals surface area contributed by atoms with Gasteiger partial charge in [-0.1, -0.05) is 0 Å². The molecule has 138 valence electrons. The average molecular weight is 359 g/mol. The Kier molecular flexibility index (Phi) is 7.48. The van der Waals surface area contributed by atoms with Crippen LogP contribution in [0.5, 0.6) is 0 Å². The average Bonchev–Trinajstić information content (AvgIpc) is 2.61. The normalized spacial score (nSPS) is 22.2. The molecule has 0 aliphatic carbocycles. The van der Waals surface area contributed by atoms with Gasteiger partial charge in [0.1, 0.15) is 0 Å². The van der Waals surface area contributed by atoms with E-state index >= 15 is 0 Å². The number of likely N-dealkylation sites (tertiary alicyclic amines) is 1. The van der Waals surface area contributed by atoms with Crippen molar-refractivity contribution in [3.8, 4) is 0 Å². The quantitative estimate of drug-likeness (QED) is 0.571. The maximum absolute atomic E-state index is 11.7. The summed E-state index contributed by atoms with van der Waals surface area (Å²) in [6.45, 7) is 5.94. The predicted octanol–water partition coefficient (Wildman–Crippen LogP) is 1.42. The molecule has 0 saturated carbocycles. The standard InChI is InChI=1S/C16H30N4O3S/c1-3-23-15(21)20-8-4-13(5-9-20)19-14(17)18-12-16(24-2)6-10-22-11-7-16/h13H,3-12H2,1-2H3,(H3,17,18,19). The Labute approximate surface area is 148 Å². The number of nitrogens with zero attached hydrogens (tertiary/aromatic N) is 2. The fourth-order valence-electron chi connectivity index (χ4n) is 3.08. The van der Waals surface area contributed by atoms with Crippen LogP contribution < -0.4 is 11.1 Å². The topological polar surface area (TPSA) is 89.2 Å². The fraction of sp³-hybridized carbons (Fsp3) is 0.875. The minimum Gasteiger partial charge on any atom is -0.450 e. The van der Waals surface area contributed by atoms with E-state index < -0.39 is 0 Å². The Bertz CT molecular complexity index is 433. The monoisotopic (exact) mass is 358 g/mol. The summed E-state index contributed by atoms with van der Waals surface area (Å²) in [5.74, 6) is 0.504. The van der Waals surface area contributed by atoms with Gasteiger partial charge in [-0.2, -0.15) is 11.8 Å². The van der Waals surface area contributed by atoms with E-state index in [4.69, 9.17) is 15.2 Å². The van der Waals surface area contributed by atoms with Gasteiger partial charge in [0.15, 0.2) is 5.96 Å². The summed E-state index contributed by atoms with van der Waals surface area (Å²) in [4.78, 5) is 18.0. The Morgan fingerprint density at radius 2 is 2.08 bits per heavy atom. The van der Waals surface area contributed by atoms with Crippen molar-refractivity contribution in [2.24, 2.45) is 10.7 Å². The minimum absolute atomic E-state index is 0.151. The summed E-state index contributed by atoms with van der Waals surface area (Å²) in [5, 5.41) is 3.30. The number of carbonyl (C=O) groups excluding carboxylic acids is 1. The lowest BCUT2D eigenvalue weighted by atomic mass is 9.99. The van der Waals surface area contributed by atoms with E-state index in [1.165, 1.54) is 0 Å². The SMILES string of the molecule is CCOC(=O)N1CCC(NC(N)=NCC2(SC)CCOCC2)CC1. The van der Waals surface area contributed by atoms with Crippen LogP contribution in [0.4, 0.5) is 4.79 Å². The largest absolute Gasteiger partial charge is 0.450 e. The van der Waals surface area contributed by atoms with Crippen LogP contribution in [0.2, 0.25) is 0 Å². The molecular formula is C16H30N4O3S. The highest BCUT2D eigenvalue weighted by Gasteiger charge is 2.31. The summed E-state index contributed by atoms with van der Waals surface area (Å²) < 4.78 is 10.6. The van der Waals surface area contributed by atoms with Crippen LogP contribution >= 0.6 is 11.8 Å². The van der Waals surface area contributed by atoms with Crippen molar-refractivity contribution in [3.63, 3.8) is 0 Å². The number of guanidine groups is 1. The van der Waals surface area contributed by atoms with Crippen LogP contribution in [-0.2, 0) is 9.47 Å². The lowest BCUT2D eigenvalue weighted by Crippen LogP contribution is -2.49. The van der Waals surface area contributed by atoms with Crippen molar-refractivity contribution in [3.05, 3.63) is 0 Å². The number of aliphatic imine (C=N–C) groups is 1. The second kappa shape index (κ2) is 9.36. The van der Waals surface area contributed by atoms with Gasteiger partial charge in [-0.25, -0.2) is 4.79 Å². The second-order valence-corrected chi connectivity index (χ2v) is 7.58. The molecule has 2 saturated heterocycles. The van der Waals surface area contributed by atoms with Gasteiger partial charge in [-0.05, 0) is 38.9 Å². The number of nitrogens with two attached hydrogens (primary N) is 1. The molecule has 2 heterocycles.